The molecule has 0 saturated carbocycles. The lowest BCUT2D eigenvalue weighted by Crippen LogP contribution is -1.93. The first-order valence-electron chi connectivity index (χ1n) is 18.5. The Hall–Kier alpha value is -7.16. The number of pyridine rings is 2. The minimum atomic E-state index is 0.913. The van der Waals surface area contributed by atoms with Crippen molar-refractivity contribution in [1.82, 2.24) is 9.97 Å². The van der Waals surface area contributed by atoms with Gasteiger partial charge in [-0.15, -0.1) is 0 Å². The molecule has 0 amide bonds. The van der Waals surface area contributed by atoms with E-state index in [9.17, 15) is 0 Å². The average molecular weight is 685 g/mol. The van der Waals surface area contributed by atoms with Gasteiger partial charge in [0.25, 0.3) is 0 Å². The number of hydrogen-bond acceptors (Lipinski definition) is 2. The smallest absolute Gasteiger partial charge is 0.0972 e. The molecule has 0 aliphatic carbocycles. The van der Waals surface area contributed by atoms with Crippen LogP contribution in [0.25, 0.3) is 110 Å². The summed E-state index contributed by atoms with van der Waals surface area (Å²) in [4.78, 5) is 10.5. The number of benzene rings is 9. The Morgan fingerprint density at radius 3 is 1.22 bits per heavy atom. The third-order valence-corrected chi connectivity index (χ3v) is 11.0. The summed E-state index contributed by atoms with van der Waals surface area (Å²) in [6.07, 6.45) is 0. The van der Waals surface area contributed by atoms with Crippen LogP contribution in [0, 0.1) is 0 Å². The van der Waals surface area contributed by atoms with Crippen LogP contribution in [0.4, 0.5) is 0 Å². The minimum absolute atomic E-state index is 0.913. The normalized spacial score (nSPS) is 11.7. The van der Waals surface area contributed by atoms with E-state index in [0.717, 1.165) is 44.3 Å². The minimum Gasteiger partial charge on any atom is -0.245 e. The zero-order valence-corrected chi connectivity index (χ0v) is 29.4. The number of hydrogen-bond donors (Lipinski definition) is 0. The van der Waals surface area contributed by atoms with Crippen LogP contribution >= 0.6 is 0 Å². The molecule has 2 heterocycles. The van der Waals surface area contributed by atoms with Crippen molar-refractivity contribution < 1.29 is 0 Å². The predicted molar refractivity (Wildman–Crippen MR) is 229 cm³/mol. The van der Waals surface area contributed by atoms with Crippen molar-refractivity contribution in [2.45, 2.75) is 0 Å². The maximum atomic E-state index is 5.32. The van der Waals surface area contributed by atoms with Crippen molar-refractivity contribution in [1.29, 1.82) is 0 Å². The number of fused-ring (bicyclic) bond motifs is 7. The highest BCUT2D eigenvalue weighted by atomic mass is 14.8. The van der Waals surface area contributed by atoms with Crippen molar-refractivity contribution in [3.05, 3.63) is 194 Å². The van der Waals surface area contributed by atoms with E-state index in [0.29, 0.717) is 0 Å². The van der Waals surface area contributed by atoms with E-state index in [2.05, 4.69) is 188 Å². The molecule has 0 saturated heterocycles. The molecule has 0 fully saturated rings. The molecule has 0 aliphatic rings. The fourth-order valence-electron chi connectivity index (χ4n) is 8.52. The molecule has 2 heteroatoms. The molecule has 0 N–H and O–H groups in total. The van der Waals surface area contributed by atoms with Gasteiger partial charge in [0.15, 0.2) is 0 Å². The summed E-state index contributed by atoms with van der Waals surface area (Å²) in [6.45, 7) is 0. The quantitative estimate of drug-likeness (QED) is 0.136. The van der Waals surface area contributed by atoms with Crippen molar-refractivity contribution in [2.75, 3.05) is 0 Å². The van der Waals surface area contributed by atoms with Crippen LogP contribution < -0.4 is 0 Å². The van der Waals surface area contributed by atoms with Crippen LogP contribution in [0.15, 0.2) is 194 Å². The van der Waals surface area contributed by atoms with Gasteiger partial charge in [-0.2, -0.15) is 0 Å². The molecular formula is C52H32N2. The van der Waals surface area contributed by atoms with Crippen LogP contribution in [0.1, 0.15) is 0 Å². The summed E-state index contributed by atoms with van der Waals surface area (Å²) in [5.74, 6) is 0. The first-order valence-corrected chi connectivity index (χ1v) is 18.5. The van der Waals surface area contributed by atoms with Crippen LogP contribution in [0.2, 0.25) is 0 Å². The molecule has 0 unspecified atom stereocenters. The Balaban J connectivity index is 1.14. The van der Waals surface area contributed by atoms with E-state index >= 15 is 0 Å². The maximum Gasteiger partial charge on any atom is 0.0972 e. The molecule has 0 aliphatic heterocycles. The molecule has 0 bridgehead atoms. The van der Waals surface area contributed by atoms with E-state index in [-0.39, 0.29) is 0 Å². The molecule has 2 aromatic heterocycles. The molecular weight excluding hydrogens is 653 g/mol. The first-order chi connectivity index (χ1) is 26.8. The van der Waals surface area contributed by atoms with Crippen LogP contribution in [0.5, 0.6) is 0 Å². The SMILES string of the molecule is c1ccc(-c2ccc3ccc4ccc(-c5cccc(-c6c7ccccc7c(-c7c8ccccc8cc8ccccc78)c7ccccc67)c5)nc4c3n2)cc1. The summed E-state index contributed by atoms with van der Waals surface area (Å²) in [5, 5.41) is 12.1. The van der Waals surface area contributed by atoms with Gasteiger partial charge in [-0.3, -0.25) is 0 Å². The molecule has 11 rings (SSSR count). The van der Waals surface area contributed by atoms with Gasteiger partial charge >= 0.3 is 0 Å². The Morgan fingerprint density at radius 1 is 0.241 bits per heavy atom. The van der Waals surface area contributed by atoms with E-state index in [1.807, 2.05) is 6.07 Å². The fourth-order valence-corrected chi connectivity index (χ4v) is 8.52. The molecule has 0 radical (unpaired) electrons. The third-order valence-electron chi connectivity index (χ3n) is 11.0. The van der Waals surface area contributed by atoms with E-state index in [1.165, 1.54) is 65.3 Å². The van der Waals surface area contributed by atoms with Gasteiger partial charge < -0.3 is 0 Å². The van der Waals surface area contributed by atoms with Gasteiger partial charge in [-0.25, -0.2) is 9.97 Å². The fraction of sp³-hybridized carbons (Fsp3) is 0. The zero-order valence-electron chi connectivity index (χ0n) is 29.4. The standard InChI is InChI=1S/C52H32N2/c1-2-13-33(14-3-1)46-29-27-34-25-26-35-28-30-47(54-52(35)51(34)53-46)38-17-12-18-39(32-38)48-42-21-8-10-23-44(42)50(45-24-11-9-22-43(45)48)49-40-19-6-4-15-36(40)31-37-16-5-7-20-41(37)49/h1-32H. The lowest BCUT2D eigenvalue weighted by atomic mass is 9.83. The second-order valence-electron chi connectivity index (χ2n) is 14.1. The second-order valence-corrected chi connectivity index (χ2v) is 14.1. The Bertz CT molecular complexity index is 3160. The summed E-state index contributed by atoms with van der Waals surface area (Å²) in [5.41, 5.74) is 10.8. The highest BCUT2D eigenvalue weighted by molar-refractivity contribution is 6.27. The molecule has 0 atom stereocenters. The molecule has 2 nitrogen and oxygen atoms in total. The van der Waals surface area contributed by atoms with Gasteiger partial charge in [-0.1, -0.05) is 170 Å². The third kappa shape index (κ3) is 4.81. The van der Waals surface area contributed by atoms with Crippen LogP contribution in [-0.2, 0) is 0 Å². The van der Waals surface area contributed by atoms with E-state index in [1.54, 1.807) is 0 Å². The van der Waals surface area contributed by atoms with Crippen molar-refractivity contribution in [3.63, 3.8) is 0 Å². The number of nitrogens with zero attached hydrogens (tertiary/aromatic N) is 2. The average Bonchev–Trinajstić information content (AvgIpc) is 3.25. The van der Waals surface area contributed by atoms with E-state index < -0.39 is 0 Å². The summed E-state index contributed by atoms with van der Waals surface area (Å²) < 4.78 is 0. The predicted octanol–water partition coefficient (Wildman–Crippen LogP) is 14.1. The lowest BCUT2D eigenvalue weighted by Gasteiger charge is -2.20. The first kappa shape index (κ1) is 30.5. The van der Waals surface area contributed by atoms with Gasteiger partial charge in [0.05, 0.1) is 22.4 Å². The van der Waals surface area contributed by atoms with Crippen molar-refractivity contribution >= 4 is 64.9 Å². The monoisotopic (exact) mass is 684 g/mol. The molecule has 9 aromatic carbocycles. The Kier molecular flexibility index (Phi) is 6.90. The van der Waals surface area contributed by atoms with E-state index in [4.69, 9.17) is 9.97 Å². The molecule has 250 valence electrons. The van der Waals surface area contributed by atoms with Gasteiger partial charge in [0, 0.05) is 21.9 Å². The summed E-state index contributed by atoms with van der Waals surface area (Å²) in [6, 6.07) is 69.9. The van der Waals surface area contributed by atoms with Gasteiger partial charge in [0.1, 0.15) is 0 Å². The lowest BCUT2D eigenvalue weighted by molar-refractivity contribution is 1.36. The molecule has 54 heavy (non-hydrogen) atoms. The van der Waals surface area contributed by atoms with Gasteiger partial charge in [-0.05, 0) is 89.6 Å². The largest absolute Gasteiger partial charge is 0.245 e. The summed E-state index contributed by atoms with van der Waals surface area (Å²) >= 11 is 0. The Morgan fingerprint density at radius 2 is 0.648 bits per heavy atom. The Labute approximate surface area is 312 Å². The highest BCUT2D eigenvalue weighted by Crippen LogP contribution is 2.48. The molecule has 0 spiro atoms. The van der Waals surface area contributed by atoms with Crippen molar-refractivity contribution in [3.8, 4) is 44.8 Å². The number of aromatic nitrogens is 2. The van der Waals surface area contributed by atoms with Crippen LogP contribution in [0.3, 0.4) is 0 Å². The highest BCUT2D eigenvalue weighted by Gasteiger charge is 2.20. The number of rotatable bonds is 4. The second kappa shape index (κ2) is 12.2. The zero-order chi connectivity index (χ0) is 35.6. The molecule has 11 aromatic rings. The summed E-state index contributed by atoms with van der Waals surface area (Å²) in [7, 11) is 0. The van der Waals surface area contributed by atoms with Gasteiger partial charge in [0.2, 0.25) is 0 Å². The topological polar surface area (TPSA) is 25.8 Å². The van der Waals surface area contributed by atoms with Crippen molar-refractivity contribution in [2.24, 2.45) is 0 Å². The van der Waals surface area contributed by atoms with Crippen LogP contribution in [-0.4, -0.2) is 9.97 Å². The maximum absolute atomic E-state index is 5.32.